The molecule has 1 saturated heterocycles. The third kappa shape index (κ3) is 4.99. The lowest BCUT2D eigenvalue weighted by Gasteiger charge is -2.35. The van der Waals surface area contributed by atoms with Gasteiger partial charge in [-0.15, -0.1) is 0 Å². The molecular weight excluding hydrogens is 266 g/mol. The summed E-state index contributed by atoms with van der Waals surface area (Å²) in [6, 6.07) is -0.426. The molecule has 0 aromatic heterocycles. The fourth-order valence-electron chi connectivity index (χ4n) is 2.66. The van der Waals surface area contributed by atoms with Crippen LogP contribution in [0.1, 0.15) is 46.5 Å². The van der Waals surface area contributed by atoms with Crippen LogP contribution in [0.5, 0.6) is 0 Å². The van der Waals surface area contributed by atoms with E-state index in [1.165, 1.54) is 0 Å². The first kappa shape index (κ1) is 18.0. The van der Waals surface area contributed by atoms with Crippen LogP contribution in [-0.4, -0.2) is 54.3 Å². The van der Waals surface area contributed by atoms with E-state index in [0.29, 0.717) is 13.1 Å². The Morgan fingerprint density at radius 2 is 1.86 bits per heavy atom. The predicted molar refractivity (Wildman–Crippen MR) is 84.7 cm³/mol. The number of carbonyl (C=O) groups is 2. The second-order valence-corrected chi connectivity index (χ2v) is 6.48. The molecule has 1 aliphatic rings. The van der Waals surface area contributed by atoms with Gasteiger partial charge in [-0.3, -0.25) is 9.59 Å². The first-order valence-electron chi connectivity index (χ1n) is 8.17. The number of rotatable bonds is 6. The first-order chi connectivity index (χ1) is 9.88. The Kier molecular flexibility index (Phi) is 7.15. The smallest absolute Gasteiger partial charge is 0.239 e. The standard InChI is InChI=1S/C16H31N3O2/c1-5-6-9-18(4)15(20)13-7-10-19(11-8-13)16(21)14(17)12(2)3/h12-14H,5-11,17H2,1-4H3/t14-/m0/s1. The number of unbranched alkanes of at least 4 members (excludes halogenated alkanes) is 1. The van der Waals surface area contributed by atoms with Gasteiger partial charge in [-0.2, -0.15) is 0 Å². The molecule has 0 aromatic carbocycles. The highest BCUT2D eigenvalue weighted by Crippen LogP contribution is 2.20. The molecule has 1 heterocycles. The van der Waals surface area contributed by atoms with Gasteiger partial charge in [0.25, 0.3) is 0 Å². The van der Waals surface area contributed by atoms with Gasteiger partial charge in [0.15, 0.2) is 0 Å². The average Bonchev–Trinajstić information content (AvgIpc) is 2.50. The van der Waals surface area contributed by atoms with Crippen LogP contribution in [0.3, 0.4) is 0 Å². The van der Waals surface area contributed by atoms with Crippen LogP contribution in [0.4, 0.5) is 0 Å². The van der Waals surface area contributed by atoms with Crippen molar-refractivity contribution in [3.8, 4) is 0 Å². The third-order valence-corrected chi connectivity index (χ3v) is 4.38. The lowest BCUT2D eigenvalue weighted by Crippen LogP contribution is -2.50. The highest BCUT2D eigenvalue weighted by Gasteiger charge is 2.31. The Bertz CT molecular complexity index is 349. The summed E-state index contributed by atoms with van der Waals surface area (Å²) in [4.78, 5) is 28.2. The number of amides is 2. The lowest BCUT2D eigenvalue weighted by atomic mass is 9.94. The summed E-state index contributed by atoms with van der Waals surface area (Å²) in [6.07, 6.45) is 3.65. The molecule has 2 amide bonds. The first-order valence-corrected chi connectivity index (χ1v) is 8.17. The van der Waals surface area contributed by atoms with E-state index in [4.69, 9.17) is 5.73 Å². The van der Waals surface area contributed by atoms with Crippen LogP contribution >= 0.6 is 0 Å². The van der Waals surface area contributed by atoms with Gasteiger partial charge in [-0.1, -0.05) is 27.2 Å². The number of likely N-dealkylation sites (tertiary alicyclic amines) is 1. The minimum atomic E-state index is -0.426. The van der Waals surface area contributed by atoms with E-state index in [1.54, 1.807) is 0 Å². The van der Waals surface area contributed by atoms with Crippen molar-refractivity contribution in [2.45, 2.75) is 52.5 Å². The zero-order chi connectivity index (χ0) is 16.0. The largest absolute Gasteiger partial charge is 0.346 e. The Morgan fingerprint density at radius 3 is 2.33 bits per heavy atom. The van der Waals surface area contributed by atoms with Gasteiger partial charge in [0.2, 0.25) is 11.8 Å². The number of nitrogens with zero attached hydrogens (tertiary/aromatic N) is 2. The molecule has 0 bridgehead atoms. The van der Waals surface area contributed by atoms with Crippen molar-refractivity contribution in [2.24, 2.45) is 17.6 Å². The Morgan fingerprint density at radius 1 is 1.29 bits per heavy atom. The van der Waals surface area contributed by atoms with Crippen molar-refractivity contribution in [1.82, 2.24) is 9.80 Å². The van der Waals surface area contributed by atoms with Crippen LogP contribution in [0.15, 0.2) is 0 Å². The van der Waals surface area contributed by atoms with E-state index >= 15 is 0 Å². The van der Waals surface area contributed by atoms with Gasteiger partial charge < -0.3 is 15.5 Å². The maximum Gasteiger partial charge on any atom is 0.239 e. The molecule has 1 atom stereocenters. The van der Waals surface area contributed by atoms with Gasteiger partial charge in [-0.05, 0) is 25.2 Å². The van der Waals surface area contributed by atoms with Gasteiger partial charge in [0.1, 0.15) is 0 Å². The van der Waals surface area contributed by atoms with Crippen molar-refractivity contribution in [2.75, 3.05) is 26.7 Å². The lowest BCUT2D eigenvalue weighted by molar-refractivity contribution is -0.141. The predicted octanol–water partition coefficient (Wildman–Crippen LogP) is 1.47. The number of carbonyl (C=O) groups excluding carboxylic acids is 2. The molecule has 1 fully saturated rings. The molecule has 0 radical (unpaired) electrons. The molecule has 0 aromatic rings. The Balaban J connectivity index is 2.44. The molecule has 0 aliphatic carbocycles. The summed E-state index contributed by atoms with van der Waals surface area (Å²) < 4.78 is 0. The SMILES string of the molecule is CCCCN(C)C(=O)C1CCN(C(=O)[C@@H](N)C(C)C)CC1. The summed E-state index contributed by atoms with van der Waals surface area (Å²) in [5.41, 5.74) is 5.92. The Hall–Kier alpha value is -1.10. The monoisotopic (exact) mass is 297 g/mol. The number of nitrogens with two attached hydrogens (primary N) is 1. The zero-order valence-corrected chi connectivity index (χ0v) is 14.0. The van der Waals surface area contributed by atoms with Crippen molar-refractivity contribution < 1.29 is 9.59 Å². The maximum atomic E-state index is 12.3. The van der Waals surface area contributed by atoms with E-state index < -0.39 is 6.04 Å². The topological polar surface area (TPSA) is 66.6 Å². The van der Waals surface area contributed by atoms with Crippen molar-refractivity contribution in [3.63, 3.8) is 0 Å². The highest BCUT2D eigenvalue weighted by atomic mass is 16.2. The van der Waals surface area contributed by atoms with E-state index in [9.17, 15) is 9.59 Å². The molecule has 1 rings (SSSR count). The third-order valence-electron chi connectivity index (χ3n) is 4.38. The van der Waals surface area contributed by atoms with Crippen LogP contribution < -0.4 is 5.73 Å². The van der Waals surface area contributed by atoms with E-state index in [1.807, 2.05) is 30.7 Å². The van der Waals surface area contributed by atoms with Gasteiger partial charge in [-0.25, -0.2) is 0 Å². The minimum absolute atomic E-state index is 0.0234. The molecule has 122 valence electrons. The normalized spacial score (nSPS) is 17.9. The molecule has 0 unspecified atom stereocenters. The summed E-state index contributed by atoms with van der Waals surface area (Å²) in [5.74, 6) is 0.460. The molecule has 1 aliphatic heterocycles. The summed E-state index contributed by atoms with van der Waals surface area (Å²) in [7, 11) is 1.88. The Labute approximate surface area is 128 Å². The second-order valence-electron chi connectivity index (χ2n) is 6.48. The van der Waals surface area contributed by atoms with Crippen LogP contribution in [-0.2, 0) is 9.59 Å². The minimum Gasteiger partial charge on any atom is -0.346 e. The van der Waals surface area contributed by atoms with Crippen molar-refractivity contribution >= 4 is 11.8 Å². The number of hydrogen-bond acceptors (Lipinski definition) is 3. The summed E-state index contributed by atoms with van der Waals surface area (Å²) >= 11 is 0. The summed E-state index contributed by atoms with van der Waals surface area (Å²) in [6.45, 7) is 8.17. The molecular formula is C16H31N3O2. The zero-order valence-electron chi connectivity index (χ0n) is 14.0. The number of piperidine rings is 1. The van der Waals surface area contributed by atoms with E-state index in [2.05, 4.69) is 6.92 Å². The molecule has 0 spiro atoms. The van der Waals surface area contributed by atoms with Crippen LogP contribution in [0.25, 0.3) is 0 Å². The fraction of sp³-hybridized carbons (Fsp3) is 0.875. The molecule has 5 heteroatoms. The van der Waals surface area contributed by atoms with Crippen LogP contribution in [0.2, 0.25) is 0 Å². The molecule has 0 saturated carbocycles. The quantitative estimate of drug-likeness (QED) is 0.807. The van der Waals surface area contributed by atoms with Gasteiger partial charge >= 0.3 is 0 Å². The maximum absolute atomic E-state index is 12.3. The molecule has 21 heavy (non-hydrogen) atoms. The van der Waals surface area contributed by atoms with Crippen LogP contribution in [0, 0.1) is 11.8 Å². The van der Waals surface area contributed by atoms with Gasteiger partial charge in [0.05, 0.1) is 6.04 Å². The summed E-state index contributed by atoms with van der Waals surface area (Å²) in [5, 5.41) is 0. The number of hydrogen-bond donors (Lipinski definition) is 1. The van der Waals surface area contributed by atoms with E-state index in [0.717, 1.165) is 32.2 Å². The van der Waals surface area contributed by atoms with E-state index in [-0.39, 0.29) is 23.7 Å². The second kappa shape index (κ2) is 8.37. The van der Waals surface area contributed by atoms with Gasteiger partial charge in [0, 0.05) is 32.6 Å². The molecule has 5 nitrogen and oxygen atoms in total. The average molecular weight is 297 g/mol. The van der Waals surface area contributed by atoms with Crippen molar-refractivity contribution in [1.29, 1.82) is 0 Å². The highest BCUT2D eigenvalue weighted by molar-refractivity contribution is 5.83. The fourth-order valence-corrected chi connectivity index (χ4v) is 2.66. The molecule has 2 N–H and O–H groups in total. The van der Waals surface area contributed by atoms with Crippen molar-refractivity contribution in [3.05, 3.63) is 0 Å².